The number of pyridine rings is 1. The molecule has 1 aromatic heterocycles. The average molecular weight is 291 g/mol. The van der Waals surface area contributed by atoms with Gasteiger partial charge in [-0.05, 0) is 43.4 Å². The van der Waals surface area contributed by atoms with Gasteiger partial charge in [-0.25, -0.2) is 4.98 Å². The zero-order chi connectivity index (χ0) is 15.4. The number of anilines is 1. The Morgan fingerprint density at radius 2 is 1.59 bits per heavy atom. The molecule has 3 aromatic rings. The summed E-state index contributed by atoms with van der Waals surface area (Å²) in [5.41, 5.74) is 3.61. The van der Waals surface area contributed by atoms with Gasteiger partial charge in [0.05, 0.1) is 5.52 Å². The zero-order valence-corrected chi connectivity index (χ0v) is 13.1. The van der Waals surface area contributed by atoms with Crippen molar-refractivity contribution >= 4 is 16.7 Å². The lowest BCUT2D eigenvalue weighted by atomic mass is 10.1. The molecule has 1 N–H and O–H groups in total. The maximum absolute atomic E-state index is 4.63. The largest absolute Gasteiger partial charge is 0.366 e. The number of para-hydroxylation sites is 1. The average Bonchev–Trinajstić information content (AvgIpc) is 2.53. The molecule has 0 aliphatic heterocycles. The monoisotopic (exact) mass is 291 g/mol. The molecular formula is C19H21N3. The van der Waals surface area contributed by atoms with Crippen LogP contribution in [0.4, 0.5) is 5.82 Å². The van der Waals surface area contributed by atoms with Gasteiger partial charge in [-0.3, -0.25) is 0 Å². The van der Waals surface area contributed by atoms with Gasteiger partial charge in [-0.1, -0.05) is 42.5 Å². The molecule has 3 rings (SSSR count). The fourth-order valence-corrected chi connectivity index (χ4v) is 2.48. The van der Waals surface area contributed by atoms with Crippen LogP contribution in [0, 0.1) is 0 Å². The SMILES string of the molecule is CN(C)Cc1ccc(CNc2ccc3ccccc3n2)cc1. The first-order valence-corrected chi connectivity index (χ1v) is 7.53. The van der Waals surface area contributed by atoms with Crippen molar-refractivity contribution in [3.63, 3.8) is 0 Å². The van der Waals surface area contributed by atoms with Crippen molar-refractivity contribution in [3.05, 3.63) is 71.8 Å². The summed E-state index contributed by atoms with van der Waals surface area (Å²) in [7, 11) is 4.17. The Morgan fingerprint density at radius 1 is 0.864 bits per heavy atom. The summed E-state index contributed by atoms with van der Waals surface area (Å²) in [6.45, 7) is 1.76. The maximum atomic E-state index is 4.63. The van der Waals surface area contributed by atoms with Crippen LogP contribution in [0.3, 0.4) is 0 Å². The molecule has 2 aromatic carbocycles. The lowest BCUT2D eigenvalue weighted by molar-refractivity contribution is 0.402. The summed E-state index contributed by atoms with van der Waals surface area (Å²) in [6.07, 6.45) is 0. The standard InChI is InChI=1S/C19H21N3/c1-22(2)14-16-9-7-15(8-10-16)13-20-19-12-11-17-5-3-4-6-18(17)21-19/h3-12H,13-14H2,1-2H3,(H,20,21). The van der Waals surface area contributed by atoms with Crippen LogP contribution in [0.5, 0.6) is 0 Å². The molecule has 3 nitrogen and oxygen atoms in total. The molecule has 22 heavy (non-hydrogen) atoms. The van der Waals surface area contributed by atoms with Gasteiger partial charge in [0.2, 0.25) is 0 Å². The fourth-order valence-electron chi connectivity index (χ4n) is 2.48. The minimum absolute atomic E-state index is 0.785. The third-order valence-corrected chi connectivity index (χ3v) is 3.59. The Bertz CT molecular complexity index is 748. The molecule has 3 heteroatoms. The van der Waals surface area contributed by atoms with E-state index in [4.69, 9.17) is 0 Å². The summed E-state index contributed by atoms with van der Waals surface area (Å²) < 4.78 is 0. The van der Waals surface area contributed by atoms with Crippen LogP contribution < -0.4 is 5.32 Å². The first-order valence-electron chi connectivity index (χ1n) is 7.53. The Labute approximate surface area is 131 Å². The Kier molecular flexibility index (Phi) is 4.35. The van der Waals surface area contributed by atoms with Gasteiger partial charge >= 0.3 is 0 Å². The number of aromatic nitrogens is 1. The normalized spacial score (nSPS) is 11.0. The highest BCUT2D eigenvalue weighted by molar-refractivity contribution is 5.80. The minimum Gasteiger partial charge on any atom is -0.366 e. The number of benzene rings is 2. The first-order chi connectivity index (χ1) is 10.7. The molecule has 1 heterocycles. The second kappa shape index (κ2) is 6.58. The smallest absolute Gasteiger partial charge is 0.126 e. The van der Waals surface area contributed by atoms with Gasteiger partial charge in [-0.2, -0.15) is 0 Å². The first kappa shape index (κ1) is 14.5. The van der Waals surface area contributed by atoms with E-state index in [-0.39, 0.29) is 0 Å². The van der Waals surface area contributed by atoms with Crippen LogP contribution in [-0.2, 0) is 13.1 Å². The van der Waals surface area contributed by atoms with E-state index in [9.17, 15) is 0 Å². The molecule has 0 aliphatic carbocycles. The molecule has 0 atom stereocenters. The van der Waals surface area contributed by atoms with Crippen molar-refractivity contribution in [2.75, 3.05) is 19.4 Å². The van der Waals surface area contributed by atoms with E-state index >= 15 is 0 Å². The summed E-state index contributed by atoms with van der Waals surface area (Å²) in [4.78, 5) is 6.80. The summed E-state index contributed by atoms with van der Waals surface area (Å²) in [6, 6.07) is 21.0. The van der Waals surface area contributed by atoms with Gasteiger partial charge in [0.25, 0.3) is 0 Å². The number of hydrogen-bond donors (Lipinski definition) is 1. The summed E-state index contributed by atoms with van der Waals surface area (Å²) in [5, 5.41) is 4.56. The van der Waals surface area contributed by atoms with Crippen molar-refractivity contribution in [3.8, 4) is 0 Å². The molecule has 0 amide bonds. The minimum atomic E-state index is 0.785. The van der Waals surface area contributed by atoms with Gasteiger partial charge in [0, 0.05) is 18.5 Å². The highest BCUT2D eigenvalue weighted by Gasteiger charge is 1.99. The molecule has 112 valence electrons. The zero-order valence-electron chi connectivity index (χ0n) is 13.1. The Balaban J connectivity index is 1.65. The van der Waals surface area contributed by atoms with Crippen LogP contribution in [0.15, 0.2) is 60.7 Å². The number of hydrogen-bond acceptors (Lipinski definition) is 3. The molecule has 0 saturated carbocycles. The summed E-state index contributed by atoms with van der Waals surface area (Å²) >= 11 is 0. The highest BCUT2D eigenvalue weighted by atomic mass is 15.0. The van der Waals surface area contributed by atoms with Crippen LogP contribution >= 0.6 is 0 Å². The summed E-state index contributed by atoms with van der Waals surface area (Å²) in [5.74, 6) is 0.913. The maximum Gasteiger partial charge on any atom is 0.126 e. The Morgan fingerprint density at radius 3 is 2.36 bits per heavy atom. The van der Waals surface area contributed by atoms with Crippen LogP contribution in [-0.4, -0.2) is 24.0 Å². The van der Waals surface area contributed by atoms with E-state index in [0.29, 0.717) is 0 Å². The van der Waals surface area contributed by atoms with Crippen molar-refractivity contribution in [1.29, 1.82) is 0 Å². The lowest BCUT2D eigenvalue weighted by Crippen LogP contribution is -2.10. The van der Waals surface area contributed by atoms with E-state index in [2.05, 4.69) is 65.7 Å². The second-order valence-corrected chi connectivity index (χ2v) is 5.80. The van der Waals surface area contributed by atoms with Gasteiger partial charge in [-0.15, -0.1) is 0 Å². The molecule has 0 fully saturated rings. The van der Waals surface area contributed by atoms with Crippen molar-refractivity contribution in [1.82, 2.24) is 9.88 Å². The van der Waals surface area contributed by atoms with E-state index in [1.165, 1.54) is 16.5 Å². The fraction of sp³-hybridized carbons (Fsp3) is 0.211. The third kappa shape index (κ3) is 3.62. The van der Waals surface area contributed by atoms with Crippen LogP contribution in [0.1, 0.15) is 11.1 Å². The van der Waals surface area contributed by atoms with E-state index in [1.807, 2.05) is 24.3 Å². The van der Waals surface area contributed by atoms with Crippen molar-refractivity contribution < 1.29 is 0 Å². The molecule has 0 unspecified atom stereocenters. The third-order valence-electron chi connectivity index (χ3n) is 3.59. The van der Waals surface area contributed by atoms with Gasteiger partial charge in [0.15, 0.2) is 0 Å². The molecule has 0 radical (unpaired) electrons. The van der Waals surface area contributed by atoms with Crippen molar-refractivity contribution in [2.24, 2.45) is 0 Å². The van der Waals surface area contributed by atoms with E-state index < -0.39 is 0 Å². The van der Waals surface area contributed by atoms with E-state index in [0.717, 1.165) is 24.4 Å². The van der Waals surface area contributed by atoms with Gasteiger partial charge < -0.3 is 10.2 Å². The molecular weight excluding hydrogens is 270 g/mol. The predicted octanol–water partition coefficient (Wildman–Crippen LogP) is 3.91. The Hall–Kier alpha value is -2.39. The number of fused-ring (bicyclic) bond motifs is 1. The quantitative estimate of drug-likeness (QED) is 0.772. The molecule has 0 saturated heterocycles. The molecule has 0 bridgehead atoms. The predicted molar refractivity (Wildman–Crippen MR) is 92.9 cm³/mol. The molecule has 0 aliphatic rings. The van der Waals surface area contributed by atoms with Crippen LogP contribution in [0.2, 0.25) is 0 Å². The topological polar surface area (TPSA) is 28.2 Å². The lowest BCUT2D eigenvalue weighted by Gasteiger charge is -2.11. The van der Waals surface area contributed by atoms with Crippen molar-refractivity contribution in [2.45, 2.75) is 13.1 Å². The number of nitrogens with one attached hydrogen (secondary N) is 1. The molecule has 0 spiro atoms. The number of nitrogens with zero attached hydrogens (tertiary/aromatic N) is 2. The van der Waals surface area contributed by atoms with Gasteiger partial charge in [0.1, 0.15) is 5.82 Å². The van der Waals surface area contributed by atoms with Crippen LogP contribution in [0.25, 0.3) is 10.9 Å². The second-order valence-electron chi connectivity index (χ2n) is 5.80. The van der Waals surface area contributed by atoms with E-state index in [1.54, 1.807) is 0 Å². The highest BCUT2D eigenvalue weighted by Crippen LogP contribution is 2.15. The number of rotatable bonds is 5.